The molecule has 0 aromatic heterocycles. The lowest BCUT2D eigenvalue weighted by Gasteiger charge is -2.22. The van der Waals surface area contributed by atoms with Crippen LogP contribution in [0, 0.1) is 5.92 Å². The number of methoxy groups -OCH3 is 1. The SMILES string of the molecule is CNC(=O)N1C[C@@H](CN(C)C)[C@H](NC(=O)CCc2ccccc2OC)C1. The fraction of sp³-hybridized carbons (Fsp3) is 0.579. The lowest BCUT2D eigenvalue weighted by Crippen LogP contribution is -2.44. The lowest BCUT2D eigenvalue weighted by molar-refractivity contribution is -0.121. The molecule has 1 aliphatic heterocycles. The standard InChI is InChI=1S/C19H30N4O3/c1-20-19(25)23-12-15(11-22(2)3)16(13-23)21-18(24)10-9-14-7-5-6-8-17(14)26-4/h5-8,15-16H,9-13H2,1-4H3,(H,20,25)(H,21,24)/t15-,16-/m1/s1. The number of urea groups is 1. The van der Waals surface area contributed by atoms with Gasteiger partial charge in [-0.3, -0.25) is 4.79 Å². The summed E-state index contributed by atoms with van der Waals surface area (Å²) in [5.41, 5.74) is 1.02. The predicted octanol–water partition coefficient (Wildman–Crippen LogP) is 0.945. The van der Waals surface area contributed by atoms with E-state index in [0.29, 0.717) is 25.9 Å². The molecule has 0 unspecified atom stereocenters. The quantitative estimate of drug-likeness (QED) is 0.757. The number of nitrogens with zero attached hydrogens (tertiary/aromatic N) is 2. The molecule has 0 radical (unpaired) electrons. The highest BCUT2D eigenvalue weighted by Gasteiger charge is 2.36. The van der Waals surface area contributed by atoms with Crippen molar-refractivity contribution in [2.75, 3.05) is 47.9 Å². The second-order valence-electron chi connectivity index (χ2n) is 6.97. The molecule has 7 heteroatoms. The molecule has 1 aliphatic rings. The minimum absolute atomic E-state index is 0.00317. The first-order valence-corrected chi connectivity index (χ1v) is 8.97. The van der Waals surface area contributed by atoms with E-state index in [1.807, 2.05) is 38.4 Å². The third-order valence-electron chi connectivity index (χ3n) is 4.70. The van der Waals surface area contributed by atoms with E-state index >= 15 is 0 Å². The summed E-state index contributed by atoms with van der Waals surface area (Å²) in [6, 6.07) is 7.61. The van der Waals surface area contributed by atoms with Crippen molar-refractivity contribution in [3.63, 3.8) is 0 Å². The molecule has 1 heterocycles. The minimum atomic E-state index is -0.0977. The monoisotopic (exact) mass is 362 g/mol. The van der Waals surface area contributed by atoms with Gasteiger partial charge in [-0.05, 0) is 32.1 Å². The Morgan fingerprint density at radius 1 is 1.27 bits per heavy atom. The number of benzene rings is 1. The summed E-state index contributed by atoms with van der Waals surface area (Å²) in [4.78, 5) is 28.2. The number of carbonyl (C=O) groups is 2. The van der Waals surface area contributed by atoms with Crippen molar-refractivity contribution in [2.24, 2.45) is 5.92 Å². The Morgan fingerprint density at radius 3 is 2.65 bits per heavy atom. The average molecular weight is 362 g/mol. The highest BCUT2D eigenvalue weighted by atomic mass is 16.5. The van der Waals surface area contributed by atoms with Crippen molar-refractivity contribution >= 4 is 11.9 Å². The number of rotatable bonds is 7. The molecule has 1 aromatic carbocycles. The molecular weight excluding hydrogens is 332 g/mol. The maximum absolute atomic E-state index is 12.5. The maximum Gasteiger partial charge on any atom is 0.317 e. The molecule has 1 fully saturated rings. The van der Waals surface area contributed by atoms with E-state index in [-0.39, 0.29) is 23.9 Å². The van der Waals surface area contributed by atoms with Gasteiger partial charge in [0.25, 0.3) is 0 Å². The molecule has 0 bridgehead atoms. The van der Waals surface area contributed by atoms with Gasteiger partial charge in [-0.2, -0.15) is 0 Å². The van der Waals surface area contributed by atoms with Crippen molar-refractivity contribution < 1.29 is 14.3 Å². The lowest BCUT2D eigenvalue weighted by atomic mass is 10.0. The fourth-order valence-electron chi connectivity index (χ4n) is 3.45. The van der Waals surface area contributed by atoms with E-state index in [2.05, 4.69) is 15.5 Å². The smallest absolute Gasteiger partial charge is 0.317 e. The first-order valence-electron chi connectivity index (χ1n) is 8.97. The molecule has 2 atom stereocenters. The first-order chi connectivity index (χ1) is 12.4. The van der Waals surface area contributed by atoms with E-state index in [9.17, 15) is 9.59 Å². The summed E-state index contributed by atoms with van der Waals surface area (Å²) in [5.74, 6) is 1.03. The molecule has 2 rings (SSSR count). The van der Waals surface area contributed by atoms with E-state index in [0.717, 1.165) is 17.9 Å². The third kappa shape index (κ3) is 5.36. The van der Waals surface area contributed by atoms with Crippen molar-refractivity contribution in [1.82, 2.24) is 20.4 Å². The molecule has 26 heavy (non-hydrogen) atoms. The van der Waals surface area contributed by atoms with Crippen LogP contribution in [0.4, 0.5) is 4.79 Å². The van der Waals surface area contributed by atoms with Crippen LogP contribution in [-0.4, -0.2) is 75.7 Å². The summed E-state index contributed by atoms with van der Waals surface area (Å²) in [6.45, 7) is 2.01. The number of para-hydroxylation sites is 1. The number of amides is 3. The number of aryl methyl sites for hydroxylation is 1. The Bertz CT molecular complexity index is 621. The molecule has 0 aliphatic carbocycles. The first kappa shape index (κ1) is 20.0. The van der Waals surface area contributed by atoms with Crippen LogP contribution in [0.25, 0.3) is 0 Å². The summed E-state index contributed by atoms with van der Waals surface area (Å²) >= 11 is 0. The zero-order chi connectivity index (χ0) is 19.1. The second kappa shape index (κ2) is 9.43. The molecule has 0 spiro atoms. The fourth-order valence-corrected chi connectivity index (χ4v) is 3.45. The number of nitrogens with one attached hydrogen (secondary N) is 2. The van der Waals surface area contributed by atoms with E-state index < -0.39 is 0 Å². The Kier molecular flexibility index (Phi) is 7.26. The molecule has 1 aromatic rings. The van der Waals surface area contributed by atoms with Crippen LogP contribution in [-0.2, 0) is 11.2 Å². The van der Waals surface area contributed by atoms with Crippen molar-refractivity contribution in [3.05, 3.63) is 29.8 Å². The zero-order valence-corrected chi connectivity index (χ0v) is 16.1. The van der Waals surface area contributed by atoms with Crippen molar-refractivity contribution in [2.45, 2.75) is 18.9 Å². The van der Waals surface area contributed by atoms with Crippen LogP contribution in [0.1, 0.15) is 12.0 Å². The molecular formula is C19H30N4O3. The van der Waals surface area contributed by atoms with Gasteiger partial charge < -0.3 is 25.2 Å². The topological polar surface area (TPSA) is 73.9 Å². The molecule has 3 amide bonds. The highest BCUT2D eigenvalue weighted by Crippen LogP contribution is 2.20. The summed E-state index contributed by atoms with van der Waals surface area (Å²) in [7, 11) is 7.27. The molecule has 7 nitrogen and oxygen atoms in total. The van der Waals surface area contributed by atoms with E-state index in [1.165, 1.54) is 0 Å². The number of hydrogen-bond acceptors (Lipinski definition) is 4. The maximum atomic E-state index is 12.5. The zero-order valence-electron chi connectivity index (χ0n) is 16.1. The molecule has 2 N–H and O–H groups in total. The second-order valence-corrected chi connectivity index (χ2v) is 6.97. The van der Waals surface area contributed by atoms with E-state index in [4.69, 9.17) is 4.74 Å². The van der Waals surface area contributed by atoms with Gasteiger partial charge in [-0.15, -0.1) is 0 Å². The Balaban J connectivity index is 1.93. The van der Waals surface area contributed by atoms with Crippen molar-refractivity contribution in [1.29, 1.82) is 0 Å². The number of ether oxygens (including phenoxy) is 1. The third-order valence-corrected chi connectivity index (χ3v) is 4.70. The number of likely N-dealkylation sites (tertiary alicyclic amines) is 1. The largest absolute Gasteiger partial charge is 0.496 e. The van der Waals surface area contributed by atoms with Crippen LogP contribution >= 0.6 is 0 Å². The molecule has 1 saturated heterocycles. The number of carbonyl (C=O) groups excluding carboxylic acids is 2. The van der Waals surface area contributed by atoms with Gasteiger partial charge in [0.1, 0.15) is 5.75 Å². The highest BCUT2D eigenvalue weighted by molar-refractivity contribution is 5.77. The Labute approximate surface area is 155 Å². The van der Waals surface area contributed by atoms with Gasteiger partial charge in [0.05, 0.1) is 13.2 Å². The van der Waals surface area contributed by atoms with Crippen molar-refractivity contribution in [3.8, 4) is 5.75 Å². The summed E-state index contributed by atoms with van der Waals surface area (Å²) in [6.07, 6.45) is 1.02. The van der Waals surface area contributed by atoms with E-state index in [1.54, 1.807) is 19.1 Å². The Hall–Kier alpha value is -2.28. The predicted molar refractivity (Wildman–Crippen MR) is 101 cm³/mol. The molecule has 0 saturated carbocycles. The normalized spacial score (nSPS) is 19.5. The van der Waals surface area contributed by atoms with Gasteiger partial charge in [0.2, 0.25) is 5.91 Å². The van der Waals surface area contributed by atoms with Crippen LogP contribution in [0.2, 0.25) is 0 Å². The van der Waals surface area contributed by atoms with Crippen LogP contribution in [0.5, 0.6) is 5.75 Å². The van der Waals surface area contributed by atoms with Gasteiger partial charge in [-0.1, -0.05) is 18.2 Å². The Morgan fingerprint density at radius 2 is 2.00 bits per heavy atom. The van der Waals surface area contributed by atoms with Gasteiger partial charge in [-0.25, -0.2) is 4.79 Å². The van der Waals surface area contributed by atoms with Crippen LogP contribution in [0.3, 0.4) is 0 Å². The number of hydrogen-bond donors (Lipinski definition) is 2. The summed E-state index contributed by atoms with van der Waals surface area (Å²) in [5, 5.41) is 5.78. The minimum Gasteiger partial charge on any atom is -0.496 e. The van der Waals surface area contributed by atoms with Crippen LogP contribution in [0.15, 0.2) is 24.3 Å². The van der Waals surface area contributed by atoms with Gasteiger partial charge in [0.15, 0.2) is 0 Å². The summed E-state index contributed by atoms with van der Waals surface area (Å²) < 4.78 is 5.34. The van der Waals surface area contributed by atoms with Gasteiger partial charge >= 0.3 is 6.03 Å². The molecule has 144 valence electrons. The average Bonchev–Trinajstić information content (AvgIpc) is 3.01. The van der Waals surface area contributed by atoms with Gasteiger partial charge in [0, 0.05) is 39.0 Å². The van der Waals surface area contributed by atoms with Crippen LogP contribution < -0.4 is 15.4 Å².